The molecule has 2 rings (SSSR count). The second-order valence-electron chi connectivity index (χ2n) is 6.02. The number of amides is 1. The zero-order valence-corrected chi connectivity index (χ0v) is 17.6. The molecule has 0 saturated heterocycles. The van der Waals surface area contributed by atoms with Crippen molar-refractivity contribution in [3.63, 3.8) is 0 Å². The molecule has 7 heteroatoms. The molecular weight excluding hydrogens is 371 g/mol. The van der Waals surface area contributed by atoms with Crippen LogP contribution in [0.3, 0.4) is 0 Å². The zero-order chi connectivity index (χ0) is 21.8. The third kappa shape index (κ3) is 7.03. The van der Waals surface area contributed by atoms with Gasteiger partial charge in [-0.3, -0.25) is 9.59 Å². The van der Waals surface area contributed by atoms with Gasteiger partial charge in [0.15, 0.2) is 6.29 Å². The zero-order valence-electron chi connectivity index (χ0n) is 17.6. The van der Waals surface area contributed by atoms with Crippen LogP contribution in [0.2, 0.25) is 0 Å². The molecule has 1 amide bonds. The van der Waals surface area contributed by atoms with Gasteiger partial charge < -0.3 is 15.6 Å². The van der Waals surface area contributed by atoms with Crippen molar-refractivity contribution in [1.82, 2.24) is 20.6 Å². The SMILES string of the molecule is CC.CCCc1[nH]cnc1/C=C(/C=O)NC(=O)/C(=C/c1cc(C)ccc1F)NC. The number of halogens is 1. The minimum Gasteiger partial charge on any atom is -0.384 e. The van der Waals surface area contributed by atoms with E-state index in [9.17, 15) is 14.0 Å². The van der Waals surface area contributed by atoms with Crippen LogP contribution < -0.4 is 10.6 Å². The molecule has 3 N–H and O–H groups in total. The lowest BCUT2D eigenvalue weighted by molar-refractivity contribution is -0.118. The summed E-state index contributed by atoms with van der Waals surface area (Å²) in [4.78, 5) is 31.1. The number of rotatable bonds is 8. The first kappa shape index (κ1) is 23.8. The fraction of sp³-hybridized carbons (Fsp3) is 0.318. The Bertz CT molecular complexity index is 885. The number of H-pyrrole nitrogens is 1. The average Bonchev–Trinajstić information content (AvgIpc) is 3.16. The third-order valence-electron chi connectivity index (χ3n) is 3.89. The maximum atomic E-state index is 13.9. The van der Waals surface area contributed by atoms with Crippen LogP contribution in [0.4, 0.5) is 4.39 Å². The van der Waals surface area contributed by atoms with E-state index in [0.717, 1.165) is 24.1 Å². The molecule has 0 atom stereocenters. The lowest BCUT2D eigenvalue weighted by Crippen LogP contribution is -2.30. The van der Waals surface area contributed by atoms with Crippen LogP contribution >= 0.6 is 0 Å². The predicted molar refractivity (Wildman–Crippen MR) is 114 cm³/mol. The van der Waals surface area contributed by atoms with E-state index < -0.39 is 11.7 Å². The van der Waals surface area contributed by atoms with Gasteiger partial charge in [0.1, 0.15) is 11.5 Å². The average molecular weight is 400 g/mol. The van der Waals surface area contributed by atoms with Crippen molar-refractivity contribution >= 4 is 24.3 Å². The Labute approximate surface area is 171 Å². The number of hydrogen-bond donors (Lipinski definition) is 3. The van der Waals surface area contributed by atoms with Crippen molar-refractivity contribution in [2.24, 2.45) is 0 Å². The molecule has 1 aromatic carbocycles. The summed E-state index contributed by atoms with van der Waals surface area (Å²) >= 11 is 0. The normalized spacial score (nSPS) is 11.4. The van der Waals surface area contributed by atoms with E-state index >= 15 is 0 Å². The van der Waals surface area contributed by atoms with Crippen molar-refractivity contribution in [3.8, 4) is 0 Å². The van der Waals surface area contributed by atoms with Crippen molar-refractivity contribution in [2.45, 2.75) is 40.5 Å². The summed E-state index contributed by atoms with van der Waals surface area (Å²) in [5.74, 6) is -0.989. The molecule has 0 aliphatic heterocycles. The van der Waals surface area contributed by atoms with Crippen molar-refractivity contribution in [3.05, 3.63) is 64.3 Å². The molecule has 0 spiro atoms. The van der Waals surface area contributed by atoms with E-state index in [1.54, 1.807) is 25.5 Å². The van der Waals surface area contributed by atoms with Gasteiger partial charge in [0.05, 0.1) is 17.7 Å². The molecule has 1 aromatic heterocycles. The molecule has 0 saturated carbocycles. The highest BCUT2D eigenvalue weighted by Crippen LogP contribution is 2.14. The highest BCUT2D eigenvalue weighted by atomic mass is 19.1. The number of hydrogen-bond acceptors (Lipinski definition) is 4. The van der Waals surface area contributed by atoms with E-state index in [-0.39, 0.29) is 17.0 Å². The molecule has 2 aromatic rings. The number of benzene rings is 1. The number of nitrogens with one attached hydrogen (secondary N) is 3. The fourth-order valence-electron chi connectivity index (χ4n) is 2.53. The molecule has 0 fully saturated rings. The summed E-state index contributed by atoms with van der Waals surface area (Å²) in [5.41, 5.74) is 2.83. The van der Waals surface area contributed by atoms with Gasteiger partial charge in [-0.1, -0.05) is 38.8 Å². The highest BCUT2D eigenvalue weighted by molar-refractivity contribution is 6.01. The van der Waals surface area contributed by atoms with E-state index in [4.69, 9.17) is 0 Å². The molecule has 0 aliphatic rings. The minimum absolute atomic E-state index is 0.0651. The minimum atomic E-state index is -0.552. The number of likely N-dealkylation sites (N-methyl/N-ethyl adjacent to an activating group) is 1. The first-order valence-corrected chi connectivity index (χ1v) is 9.64. The largest absolute Gasteiger partial charge is 0.384 e. The molecule has 29 heavy (non-hydrogen) atoms. The van der Waals surface area contributed by atoms with Crippen LogP contribution in [0.25, 0.3) is 12.2 Å². The first-order chi connectivity index (χ1) is 14.0. The lowest BCUT2D eigenvalue weighted by atomic mass is 10.1. The number of carbonyl (C=O) groups excluding carboxylic acids is 2. The Morgan fingerprint density at radius 1 is 1.28 bits per heavy atom. The molecule has 0 aliphatic carbocycles. The Morgan fingerprint density at radius 2 is 2.00 bits per heavy atom. The van der Waals surface area contributed by atoms with E-state index in [1.165, 1.54) is 18.2 Å². The molecule has 1 heterocycles. The van der Waals surface area contributed by atoms with Gasteiger partial charge >= 0.3 is 0 Å². The molecule has 156 valence electrons. The molecule has 0 unspecified atom stereocenters. The number of aryl methyl sites for hydroxylation is 2. The van der Waals surface area contributed by atoms with Crippen LogP contribution in [-0.2, 0) is 16.0 Å². The third-order valence-corrected chi connectivity index (χ3v) is 3.89. The highest BCUT2D eigenvalue weighted by Gasteiger charge is 2.12. The monoisotopic (exact) mass is 400 g/mol. The Kier molecular flexibility index (Phi) is 10.1. The Hall–Kier alpha value is -3.22. The standard InChI is InChI=1S/C20H23FN4O2.C2H6/c1-4-5-17-18(24-12-23-17)10-15(11-26)25-20(27)19(22-3)9-14-8-13(2)6-7-16(14)21;1-2/h6-12,22H,4-5H2,1-3H3,(H,23,24)(H,25,27);1-2H3/b15-10-,19-9-;. The van der Waals surface area contributed by atoms with Crippen molar-refractivity contribution in [2.75, 3.05) is 7.05 Å². The van der Waals surface area contributed by atoms with Crippen molar-refractivity contribution in [1.29, 1.82) is 0 Å². The smallest absolute Gasteiger partial charge is 0.271 e. The summed E-state index contributed by atoms with van der Waals surface area (Å²) in [5, 5.41) is 5.26. The number of imidazole rings is 1. The van der Waals surface area contributed by atoms with Crippen molar-refractivity contribution < 1.29 is 14.0 Å². The second kappa shape index (κ2) is 12.3. The Morgan fingerprint density at radius 3 is 2.62 bits per heavy atom. The summed E-state index contributed by atoms with van der Waals surface area (Å²) in [6, 6.07) is 4.63. The van der Waals surface area contributed by atoms with E-state index in [2.05, 4.69) is 20.6 Å². The quantitative estimate of drug-likeness (QED) is 0.465. The maximum Gasteiger partial charge on any atom is 0.271 e. The van der Waals surface area contributed by atoms with Gasteiger partial charge in [0.25, 0.3) is 5.91 Å². The lowest BCUT2D eigenvalue weighted by Gasteiger charge is -2.09. The number of aromatic nitrogens is 2. The Balaban J connectivity index is 0.00000204. The summed E-state index contributed by atoms with van der Waals surface area (Å²) in [7, 11) is 1.55. The molecule has 6 nitrogen and oxygen atoms in total. The number of aromatic amines is 1. The summed E-state index contributed by atoms with van der Waals surface area (Å²) in [6.07, 6.45) is 6.69. The van der Waals surface area contributed by atoms with Crippen LogP contribution in [0.5, 0.6) is 0 Å². The van der Waals surface area contributed by atoms with E-state index in [0.29, 0.717) is 12.0 Å². The first-order valence-electron chi connectivity index (χ1n) is 9.64. The number of carbonyl (C=O) groups is 2. The molecule has 0 radical (unpaired) electrons. The predicted octanol–water partition coefficient (Wildman–Crippen LogP) is 3.75. The second-order valence-corrected chi connectivity index (χ2v) is 6.02. The maximum absolute atomic E-state index is 13.9. The number of allylic oxidation sites excluding steroid dienone is 1. The van der Waals surface area contributed by atoms with Gasteiger partial charge in [-0.25, -0.2) is 9.37 Å². The number of nitrogens with zero attached hydrogens (tertiary/aromatic N) is 1. The summed E-state index contributed by atoms with van der Waals surface area (Å²) < 4.78 is 13.9. The fourth-order valence-corrected chi connectivity index (χ4v) is 2.53. The molecular formula is C22H29FN4O2. The van der Waals surface area contributed by atoms with E-state index in [1.807, 2.05) is 27.7 Å². The summed E-state index contributed by atoms with van der Waals surface area (Å²) in [6.45, 7) is 7.87. The number of aldehydes is 1. The van der Waals surface area contributed by atoms with Crippen LogP contribution in [0.15, 0.2) is 35.9 Å². The van der Waals surface area contributed by atoms with Gasteiger partial charge in [0.2, 0.25) is 0 Å². The van der Waals surface area contributed by atoms with Gasteiger partial charge in [-0.15, -0.1) is 0 Å². The van der Waals surface area contributed by atoms with Gasteiger partial charge in [-0.05, 0) is 37.6 Å². The topological polar surface area (TPSA) is 86.9 Å². The van der Waals surface area contributed by atoms with Gasteiger partial charge in [-0.2, -0.15) is 0 Å². The van der Waals surface area contributed by atoms with Crippen LogP contribution in [-0.4, -0.2) is 29.2 Å². The van der Waals surface area contributed by atoms with Crippen LogP contribution in [0.1, 0.15) is 49.7 Å². The van der Waals surface area contributed by atoms with Gasteiger partial charge in [0, 0.05) is 18.3 Å². The van der Waals surface area contributed by atoms with Crippen LogP contribution in [0, 0.1) is 12.7 Å². The molecule has 0 bridgehead atoms.